The molecule has 0 spiro atoms. The highest BCUT2D eigenvalue weighted by atomic mass is 19.1. The van der Waals surface area contributed by atoms with E-state index in [0.717, 1.165) is 12.1 Å². The highest BCUT2D eigenvalue weighted by Crippen LogP contribution is 2.18. The Labute approximate surface area is 125 Å². The number of esters is 1. The molecule has 0 amide bonds. The minimum absolute atomic E-state index is 0.127. The summed E-state index contributed by atoms with van der Waals surface area (Å²) in [6.45, 7) is 1.99. The van der Waals surface area contributed by atoms with E-state index in [1.807, 2.05) is 19.1 Å². The standard InChI is InChI=1S/C15H13FN4O2/c1-3-9-4-7-13-14(17-9)20(19-18-13)10-5-6-11(12(16)8-10)15(21)22-2/h4-8H,3H2,1-2H3. The molecule has 2 aromatic heterocycles. The number of methoxy groups -OCH3 is 1. The number of rotatable bonds is 3. The Hall–Kier alpha value is -2.83. The van der Waals surface area contributed by atoms with Crippen LogP contribution in [0.25, 0.3) is 16.9 Å². The third-order valence-corrected chi connectivity index (χ3v) is 3.32. The van der Waals surface area contributed by atoms with Crippen LogP contribution in [0, 0.1) is 5.82 Å². The predicted octanol–water partition coefficient (Wildman–Crippen LogP) is 2.30. The average Bonchev–Trinajstić information content (AvgIpc) is 2.96. The Morgan fingerprint density at radius 1 is 1.32 bits per heavy atom. The molecule has 112 valence electrons. The lowest BCUT2D eigenvalue weighted by Gasteiger charge is -2.05. The fourth-order valence-electron chi connectivity index (χ4n) is 2.13. The van der Waals surface area contributed by atoms with Gasteiger partial charge in [0.15, 0.2) is 5.65 Å². The summed E-state index contributed by atoms with van der Waals surface area (Å²) >= 11 is 0. The van der Waals surface area contributed by atoms with Crippen LogP contribution in [0.5, 0.6) is 0 Å². The first kappa shape index (κ1) is 14.1. The molecule has 0 radical (unpaired) electrons. The summed E-state index contributed by atoms with van der Waals surface area (Å²) in [5, 5.41) is 8.01. The van der Waals surface area contributed by atoms with Crippen molar-refractivity contribution in [1.29, 1.82) is 0 Å². The van der Waals surface area contributed by atoms with Crippen LogP contribution in [0.1, 0.15) is 23.0 Å². The Kier molecular flexibility index (Phi) is 3.54. The first-order valence-electron chi connectivity index (χ1n) is 6.73. The van der Waals surface area contributed by atoms with Gasteiger partial charge in [-0.2, -0.15) is 4.68 Å². The van der Waals surface area contributed by atoms with Gasteiger partial charge in [-0.15, -0.1) is 5.10 Å². The second-order valence-electron chi connectivity index (χ2n) is 4.66. The van der Waals surface area contributed by atoms with E-state index in [9.17, 15) is 9.18 Å². The molecule has 0 aliphatic carbocycles. The van der Waals surface area contributed by atoms with Crippen LogP contribution in [-0.4, -0.2) is 33.1 Å². The zero-order valence-corrected chi connectivity index (χ0v) is 12.1. The molecule has 0 atom stereocenters. The van der Waals surface area contributed by atoms with E-state index in [2.05, 4.69) is 20.0 Å². The number of fused-ring (bicyclic) bond motifs is 1. The van der Waals surface area contributed by atoms with Gasteiger partial charge in [0.25, 0.3) is 0 Å². The van der Waals surface area contributed by atoms with Crippen molar-refractivity contribution in [3.8, 4) is 5.69 Å². The number of aromatic nitrogens is 4. The maximum Gasteiger partial charge on any atom is 0.340 e. The zero-order chi connectivity index (χ0) is 15.7. The van der Waals surface area contributed by atoms with Gasteiger partial charge in [-0.1, -0.05) is 12.1 Å². The maximum absolute atomic E-state index is 14.0. The predicted molar refractivity (Wildman–Crippen MR) is 77.3 cm³/mol. The molecule has 0 unspecified atom stereocenters. The molecule has 0 N–H and O–H groups in total. The largest absolute Gasteiger partial charge is 0.465 e. The van der Waals surface area contributed by atoms with Crippen molar-refractivity contribution in [3.63, 3.8) is 0 Å². The van der Waals surface area contributed by atoms with E-state index in [1.165, 1.54) is 23.9 Å². The fourth-order valence-corrected chi connectivity index (χ4v) is 2.13. The Bertz CT molecular complexity index is 860. The van der Waals surface area contributed by atoms with Crippen LogP contribution in [0.15, 0.2) is 30.3 Å². The number of carbonyl (C=O) groups is 1. The third-order valence-electron chi connectivity index (χ3n) is 3.32. The number of ether oxygens (including phenoxy) is 1. The SMILES string of the molecule is CCc1ccc2nnn(-c3ccc(C(=O)OC)c(F)c3)c2n1. The first-order valence-corrected chi connectivity index (χ1v) is 6.73. The average molecular weight is 300 g/mol. The summed E-state index contributed by atoms with van der Waals surface area (Å²) in [6.07, 6.45) is 0.775. The van der Waals surface area contributed by atoms with Crippen molar-refractivity contribution >= 4 is 17.1 Å². The number of hydrogen-bond acceptors (Lipinski definition) is 5. The molecule has 0 aliphatic heterocycles. The second kappa shape index (κ2) is 5.51. The van der Waals surface area contributed by atoms with Crippen molar-refractivity contribution in [2.24, 2.45) is 0 Å². The highest BCUT2D eigenvalue weighted by molar-refractivity contribution is 5.89. The smallest absolute Gasteiger partial charge is 0.340 e. The van der Waals surface area contributed by atoms with Crippen molar-refractivity contribution in [2.75, 3.05) is 7.11 Å². The molecule has 0 saturated heterocycles. The second-order valence-corrected chi connectivity index (χ2v) is 4.66. The summed E-state index contributed by atoms with van der Waals surface area (Å²) in [4.78, 5) is 15.9. The third kappa shape index (κ3) is 2.30. The van der Waals surface area contributed by atoms with Gasteiger partial charge in [0, 0.05) is 11.8 Å². The lowest BCUT2D eigenvalue weighted by atomic mass is 10.2. The van der Waals surface area contributed by atoms with Gasteiger partial charge >= 0.3 is 5.97 Å². The molecule has 22 heavy (non-hydrogen) atoms. The van der Waals surface area contributed by atoms with Gasteiger partial charge in [0.2, 0.25) is 0 Å². The van der Waals surface area contributed by atoms with Crippen LogP contribution < -0.4 is 0 Å². The van der Waals surface area contributed by atoms with Crippen molar-refractivity contribution in [2.45, 2.75) is 13.3 Å². The van der Waals surface area contributed by atoms with E-state index in [0.29, 0.717) is 16.9 Å². The van der Waals surface area contributed by atoms with Gasteiger partial charge in [-0.3, -0.25) is 0 Å². The molecule has 3 aromatic rings. The lowest BCUT2D eigenvalue weighted by molar-refractivity contribution is 0.0595. The molecule has 1 aromatic carbocycles. The van der Waals surface area contributed by atoms with Gasteiger partial charge in [0.1, 0.15) is 11.3 Å². The van der Waals surface area contributed by atoms with Crippen molar-refractivity contribution < 1.29 is 13.9 Å². The molecule has 0 bridgehead atoms. The molecular weight excluding hydrogens is 287 g/mol. The number of aryl methyl sites for hydroxylation is 1. The zero-order valence-electron chi connectivity index (χ0n) is 12.1. The Morgan fingerprint density at radius 3 is 2.82 bits per heavy atom. The molecule has 2 heterocycles. The van der Waals surface area contributed by atoms with Crippen LogP contribution in [0.3, 0.4) is 0 Å². The lowest BCUT2D eigenvalue weighted by Crippen LogP contribution is -2.06. The fraction of sp³-hybridized carbons (Fsp3) is 0.200. The van der Waals surface area contributed by atoms with Crippen LogP contribution in [-0.2, 0) is 11.2 Å². The minimum Gasteiger partial charge on any atom is -0.465 e. The molecule has 7 heteroatoms. The van der Waals surface area contributed by atoms with Gasteiger partial charge in [0.05, 0.1) is 18.4 Å². The van der Waals surface area contributed by atoms with Crippen molar-refractivity contribution in [3.05, 3.63) is 47.4 Å². The normalized spacial score (nSPS) is 10.9. The number of nitrogens with zero attached hydrogens (tertiary/aromatic N) is 4. The number of halogens is 1. The quantitative estimate of drug-likeness (QED) is 0.694. The topological polar surface area (TPSA) is 69.9 Å². The first-order chi connectivity index (χ1) is 10.6. The molecule has 0 saturated carbocycles. The molecule has 3 rings (SSSR count). The Morgan fingerprint density at radius 2 is 2.14 bits per heavy atom. The van der Waals surface area contributed by atoms with Crippen LogP contribution in [0.4, 0.5) is 4.39 Å². The summed E-state index contributed by atoms with van der Waals surface area (Å²) in [5.41, 5.74) is 2.37. The van der Waals surface area contributed by atoms with Gasteiger partial charge in [-0.05, 0) is 30.7 Å². The van der Waals surface area contributed by atoms with E-state index in [4.69, 9.17) is 0 Å². The van der Waals surface area contributed by atoms with Crippen LogP contribution in [0.2, 0.25) is 0 Å². The molecular formula is C15H13FN4O2. The summed E-state index contributed by atoms with van der Waals surface area (Å²) in [6, 6.07) is 7.84. The number of hydrogen-bond donors (Lipinski definition) is 0. The molecule has 6 nitrogen and oxygen atoms in total. The summed E-state index contributed by atoms with van der Waals surface area (Å²) in [5.74, 6) is -1.40. The summed E-state index contributed by atoms with van der Waals surface area (Å²) in [7, 11) is 1.21. The van der Waals surface area contributed by atoms with Gasteiger partial charge in [-0.25, -0.2) is 14.2 Å². The van der Waals surface area contributed by atoms with E-state index < -0.39 is 11.8 Å². The van der Waals surface area contributed by atoms with E-state index in [1.54, 1.807) is 6.07 Å². The molecule has 0 fully saturated rings. The molecule has 0 aliphatic rings. The Balaban J connectivity index is 2.11. The van der Waals surface area contributed by atoms with E-state index >= 15 is 0 Å². The maximum atomic E-state index is 14.0. The summed E-state index contributed by atoms with van der Waals surface area (Å²) < 4.78 is 20.0. The number of pyridine rings is 1. The van der Waals surface area contributed by atoms with Crippen LogP contribution >= 0.6 is 0 Å². The number of benzene rings is 1. The van der Waals surface area contributed by atoms with Gasteiger partial charge < -0.3 is 4.74 Å². The minimum atomic E-state index is -0.723. The van der Waals surface area contributed by atoms with E-state index in [-0.39, 0.29) is 5.56 Å². The monoisotopic (exact) mass is 300 g/mol. The number of carbonyl (C=O) groups excluding carboxylic acids is 1. The van der Waals surface area contributed by atoms with Crippen molar-refractivity contribution in [1.82, 2.24) is 20.0 Å². The highest BCUT2D eigenvalue weighted by Gasteiger charge is 2.15.